The molecule has 0 atom stereocenters. The molecule has 0 bridgehead atoms. The van der Waals surface area contributed by atoms with Crippen molar-refractivity contribution in [3.8, 4) is 0 Å². The van der Waals surface area contributed by atoms with Gasteiger partial charge >= 0.3 is 5.97 Å². The maximum atomic E-state index is 10.8. The Morgan fingerprint density at radius 3 is 2.50 bits per heavy atom. The zero-order valence-electron chi connectivity index (χ0n) is 7.96. The lowest BCUT2D eigenvalue weighted by atomic mass is 10.1. The topological polar surface area (TPSA) is 26.3 Å². The van der Waals surface area contributed by atoms with Crippen LogP contribution in [-0.2, 0) is 9.53 Å². The molecule has 0 radical (unpaired) electrons. The van der Waals surface area contributed by atoms with Crippen molar-refractivity contribution in [2.75, 3.05) is 0 Å². The van der Waals surface area contributed by atoms with E-state index in [4.69, 9.17) is 4.74 Å². The lowest BCUT2D eigenvalue weighted by Gasteiger charge is -2.08. The van der Waals surface area contributed by atoms with Gasteiger partial charge in [-0.05, 0) is 18.9 Å². The fourth-order valence-electron chi connectivity index (χ4n) is 0.792. The minimum absolute atomic E-state index is 0.385. The second-order valence-corrected chi connectivity index (χ2v) is 2.98. The maximum Gasteiger partial charge on any atom is 0.335 e. The minimum Gasteiger partial charge on any atom is -0.428 e. The molecule has 0 fully saturated rings. The van der Waals surface area contributed by atoms with Crippen molar-refractivity contribution in [2.24, 2.45) is 5.92 Å². The number of ether oxygens (including phenoxy) is 1. The van der Waals surface area contributed by atoms with Gasteiger partial charge in [-0.15, -0.1) is 0 Å². The summed E-state index contributed by atoms with van der Waals surface area (Å²) < 4.78 is 4.96. The van der Waals surface area contributed by atoms with Gasteiger partial charge in [0, 0.05) is 12.5 Å². The SMILES string of the molecule is C=CC(=O)OC(=CC)CC(C)C. The zero-order valence-corrected chi connectivity index (χ0v) is 7.96. The third-order valence-electron chi connectivity index (χ3n) is 1.33. The van der Waals surface area contributed by atoms with Gasteiger partial charge in [0.05, 0.1) is 0 Å². The molecule has 0 aromatic carbocycles. The van der Waals surface area contributed by atoms with Gasteiger partial charge in [-0.25, -0.2) is 4.79 Å². The van der Waals surface area contributed by atoms with Crippen LogP contribution < -0.4 is 0 Å². The Balaban J connectivity index is 4.02. The quantitative estimate of drug-likeness (QED) is 0.366. The molecule has 0 amide bonds. The second kappa shape index (κ2) is 5.58. The Labute approximate surface area is 73.9 Å². The summed E-state index contributed by atoms with van der Waals surface area (Å²) in [4.78, 5) is 10.8. The predicted octanol–water partition coefficient (Wildman–Crippen LogP) is 2.67. The van der Waals surface area contributed by atoms with Crippen molar-refractivity contribution in [1.82, 2.24) is 0 Å². The molecule has 0 saturated heterocycles. The summed E-state index contributed by atoms with van der Waals surface area (Å²) in [6.07, 6.45) is 3.77. The first kappa shape index (κ1) is 11.0. The summed E-state index contributed by atoms with van der Waals surface area (Å²) in [5.41, 5.74) is 0. The van der Waals surface area contributed by atoms with Gasteiger partial charge in [0.1, 0.15) is 5.76 Å². The summed E-state index contributed by atoms with van der Waals surface area (Å²) in [7, 11) is 0. The van der Waals surface area contributed by atoms with E-state index < -0.39 is 0 Å². The molecule has 0 unspecified atom stereocenters. The lowest BCUT2D eigenvalue weighted by Crippen LogP contribution is -2.02. The molecule has 0 aliphatic heterocycles. The summed E-state index contributed by atoms with van der Waals surface area (Å²) in [5, 5.41) is 0. The van der Waals surface area contributed by atoms with Crippen LogP contribution in [0.15, 0.2) is 24.5 Å². The van der Waals surface area contributed by atoms with E-state index >= 15 is 0 Å². The lowest BCUT2D eigenvalue weighted by molar-refractivity contribution is -0.134. The number of allylic oxidation sites excluding steroid dienone is 2. The van der Waals surface area contributed by atoms with Gasteiger partial charge in [0.15, 0.2) is 0 Å². The van der Waals surface area contributed by atoms with Crippen molar-refractivity contribution >= 4 is 5.97 Å². The van der Waals surface area contributed by atoms with Crippen LogP contribution in [0.1, 0.15) is 27.2 Å². The number of carbonyl (C=O) groups is 1. The molecule has 0 rings (SSSR count). The van der Waals surface area contributed by atoms with Crippen molar-refractivity contribution in [1.29, 1.82) is 0 Å². The third kappa shape index (κ3) is 4.72. The van der Waals surface area contributed by atoms with Crippen LogP contribution in [0.2, 0.25) is 0 Å². The molecule has 0 N–H and O–H groups in total. The van der Waals surface area contributed by atoms with Crippen LogP contribution >= 0.6 is 0 Å². The van der Waals surface area contributed by atoms with Crippen LogP contribution in [-0.4, -0.2) is 5.97 Å². The molecule has 2 nitrogen and oxygen atoms in total. The predicted molar refractivity (Wildman–Crippen MR) is 49.5 cm³/mol. The van der Waals surface area contributed by atoms with Crippen molar-refractivity contribution in [2.45, 2.75) is 27.2 Å². The number of hydrogen-bond donors (Lipinski definition) is 0. The number of carbonyl (C=O) groups excluding carboxylic acids is 1. The van der Waals surface area contributed by atoms with Crippen LogP contribution in [0.3, 0.4) is 0 Å². The highest BCUT2D eigenvalue weighted by atomic mass is 16.5. The molecule has 0 aliphatic carbocycles. The van der Waals surface area contributed by atoms with E-state index in [0.29, 0.717) is 5.92 Å². The molecular formula is C10H16O2. The van der Waals surface area contributed by atoms with Crippen LogP contribution in [0.25, 0.3) is 0 Å². The Morgan fingerprint density at radius 1 is 1.58 bits per heavy atom. The fraction of sp³-hybridized carbons (Fsp3) is 0.500. The van der Waals surface area contributed by atoms with E-state index in [1.165, 1.54) is 6.08 Å². The fourth-order valence-corrected chi connectivity index (χ4v) is 0.792. The molecule has 0 spiro atoms. The average Bonchev–Trinajstić information content (AvgIpc) is 2.02. The van der Waals surface area contributed by atoms with Crippen molar-refractivity contribution in [3.63, 3.8) is 0 Å². The summed E-state index contributed by atoms with van der Waals surface area (Å²) in [6, 6.07) is 0. The Hall–Kier alpha value is -1.05. The molecule has 0 saturated carbocycles. The summed E-state index contributed by atoms with van der Waals surface area (Å²) in [5.74, 6) is 0.826. The number of esters is 1. The van der Waals surface area contributed by atoms with E-state index in [9.17, 15) is 4.79 Å². The molecular weight excluding hydrogens is 152 g/mol. The third-order valence-corrected chi connectivity index (χ3v) is 1.33. The van der Waals surface area contributed by atoms with E-state index in [0.717, 1.165) is 12.2 Å². The second-order valence-electron chi connectivity index (χ2n) is 2.98. The molecule has 0 aliphatic rings. The maximum absolute atomic E-state index is 10.8. The van der Waals surface area contributed by atoms with Gasteiger partial charge in [0.2, 0.25) is 0 Å². The summed E-state index contributed by atoms with van der Waals surface area (Å²) >= 11 is 0. The Kier molecular flexibility index (Phi) is 5.09. The first-order valence-electron chi connectivity index (χ1n) is 4.09. The number of hydrogen-bond acceptors (Lipinski definition) is 2. The standard InChI is InChI=1S/C10H16O2/c1-5-9(7-8(3)4)12-10(11)6-2/h5-6,8H,2,7H2,1,3-4H3. The monoisotopic (exact) mass is 168 g/mol. The Bertz CT molecular complexity index is 190. The Morgan fingerprint density at radius 2 is 2.17 bits per heavy atom. The molecule has 2 heteroatoms. The molecule has 12 heavy (non-hydrogen) atoms. The van der Waals surface area contributed by atoms with Gasteiger partial charge in [-0.1, -0.05) is 20.4 Å². The highest BCUT2D eigenvalue weighted by molar-refractivity contribution is 5.82. The zero-order chi connectivity index (χ0) is 9.56. The first-order chi connectivity index (χ1) is 5.60. The van der Waals surface area contributed by atoms with Crippen LogP contribution in [0, 0.1) is 5.92 Å². The molecule has 68 valence electrons. The van der Waals surface area contributed by atoms with Crippen LogP contribution in [0.5, 0.6) is 0 Å². The van der Waals surface area contributed by atoms with Crippen molar-refractivity contribution in [3.05, 3.63) is 24.5 Å². The van der Waals surface area contributed by atoms with E-state index in [1.54, 1.807) is 6.08 Å². The number of rotatable bonds is 4. The van der Waals surface area contributed by atoms with E-state index in [2.05, 4.69) is 20.4 Å². The largest absolute Gasteiger partial charge is 0.428 e. The van der Waals surface area contributed by atoms with Crippen molar-refractivity contribution < 1.29 is 9.53 Å². The average molecular weight is 168 g/mol. The first-order valence-corrected chi connectivity index (χ1v) is 4.09. The highest BCUT2D eigenvalue weighted by Gasteiger charge is 2.04. The van der Waals surface area contributed by atoms with Gasteiger partial charge in [-0.2, -0.15) is 0 Å². The van der Waals surface area contributed by atoms with Gasteiger partial charge in [-0.3, -0.25) is 0 Å². The van der Waals surface area contributed by atoms with E-state index in [1.807, 2.05) is 6.92 Å². The van der Waals surface area contributed by atoms with Gasteiger partial charge < -0.3 is 4.74 Å². The molecule has 0 aromatic rings. The normalized spacial score (nSPS) is 11.5. The highest BCUT2D eigenvalue weighted by Crippen LogP contribution is 2.11. The van der Waals surface area contributed by atoms with Crippen LogP contribution in [0.4, 0.5) is 0 Å². The summed E-state index contributed by atoms with van der Waals surface area (Å²) in [6.45, 7) is 9.33. The smallest absolute Gasteiger partial charge is 0.335 e. The minimum atomic E-state index is -0.385. The van der Waals surface area contributed by atoms with Gasteiger partial charge in [0.25, 0.3) is 0 Å². The van der Waals surface area contributed by atoms with E-state index in [-0.39, 0.29) is 5.97 Å². The molecule has 0 aromatic heterocycles. The molecule has 0 heterocycles.